The summed E-state index contributed by atoms with van der Waals surface area (Å²) in [6.07, 6.45) is 6.44. The fourth-order valence-electron chi connectivity index (χ4n) is 2.62. The molecule has 0 aliphatic carbocycles. The molecule has 1 aromatic rings. The summed E-state index contributed by atoms with van der Waals surface area (Å²) in [4.78, 5) is 2.35. The molecule has 0 unspecified atom stereocenters. The molecule has 1 aromatic heterocycles. The SMILES string of the molecule is Cn1cc(C2CCN(CC(C)(C)O)CC2)cn1. The van der Waals surface area contributed by atoms with E-state index in [0.717, 1.165) is 19.6 Å². The molecule has 0 amide bonds. The number of aromatic nitrogens is 2. The van der Waals surface area contributed by atoms with Crippen molar-refractivity contribution in [3.63, 3.8) is 0 Å². The number of likely N-dealkylation sites (tertiary alicyclic amines) is 1. The molecular formula is C13H23N3O. The molecule has 1 aliphatic rings. The van der Waals surface area contributed by atoms with Gasteiger partial charge in [0.25, 0.3) is 0 Å². The molecule has 1 fully saturated rings. The molecule has 0 radical (unpaired) electrons. The average Bonchev–Trinajstić information content (AvgIpc) is 2.63. The average molecular weight is 237 g/mol. The zero-order valence-corrected chi connectivity index (χ0v) is 11.1. The van der Waals surface area contributed by atoms with Crippen molar-refractivity contribution in [3.8, 4) is 0 Å². The second kappa shape index (κ2) is 4.78. The van der Waals surface area contributed by atoms with Gasteiger partial charge in [0.1, 0.15) is 0 Å². The van der Waals surface area contributed by atoms with Gasteiger partial charge in [-0.25, -0.2) is 0 Å². The van der Waals surface area contributed by atoms with Gasteiger partial charge in [0, 0.05) is 19.8 Å². The molecule has 1 aliphatic heterocycles. The highest BCUT2D eigenvalue weighted by atomic mass is 16.3. The molecule has 0 bridgehead atoms. The van der Waals surface area contributed by atoms with Crippen LogP contribution in [0.2, 0.25) is 0 Å². The Morgan fingerprint density at radius 1 is 1.41 bits per heavy atom. The number of rotatable bonds is 3. The highest BCUT2D eigenvalue weighted by molar-refractivity contribution is 5.12. The Bertz CT molecular complexity index is 359. The van der Waals surface area contributed by atoms with Crippen LogP contribution in [0.4, 0.5) is 0 Å². The lowest BCUT2D eigenvalue weighted by Crippen LogP contribution is -2.42. The fraction of sp³-hybridized carbons (Fsp3) is 0.769. The molecule has 2 rings (SSSR count). The van der Waals surface area contributed by atoms with E-state index in [-0.39, 0.29) is 0 Å². The van der Waals surface area contributed by atoms with Gasteiger partial charge in [0.15, 0.2) is 0 Å². The maximum atomic E-state index is 9.80. The van der Waals surface area contributed by atoms with Crippen molar-refractivity contribution in [2.75, 3.05) is 19.6 Å². The normalized spacial score (nSPS) is 19.8. The van der Waals surface area contributed by atoms with Crippen LogP contribution in [-0.2, 0) is 7.05 Å². The fourth-order valence-corrected chi connectivity index (χ4v) is 2.62. The second-order valence-corrected chi connectivity index (χ2v) is 5.81. The van der Waals surface area contributed by atoms with Crippen LogP contribution in [0, 0.1) is 0 Å². The van der Waals surface area contributed by atoms with Gasteiger partial charge in [-0.2, -0.15) is 5.10 Å². The lowest BCUT2D eigenvalue weighted by molar-refractivity contribution is 0.0282. The van der Waals surface area contributed by atoms with Crippen LogP contribution in [0.25, 0.3) is 0 Å². The van der Waals surface area contributed by atoms with Gasteiger partial charge in [-0.3, -0.25) is 4.68 Å². The highest BCUT2D eigenvalue weighted by Gasteiger charge is 2.25. The Labute approximate surface area is 103 Å². The molecule has 2 heterocycles. The molecule has 1 N–H and O–H groups in total. The summed E-state index contributed by atoms with van der Waals surface area (Å²) in [5.41, 5.74) is 0.775. The van der Waals surface area contributed by atoms with Crippen molar-refractivity contribution in [1.82, 2.24) is 14.7 Å². The van der Waals surface area contributed by atoms with E-state index in [1.165, 1.54) is 18.4 Å². The Kier molecular flexibility index (Phi) is 3.54. The van der Waals surface area contributed by atoms with E-state index < -0.39 is 5.60 Å². The monoisotopic (exact) mass is 237 g/mol. The molecule has 0 spiro atoms. The number of hydrogen-bond donors (Lipinski definition) is 1. The van der Waals surface area contributed by atoms with E-state index in [1.807, 2.05) is 31.8 Å². The van der Waals surface area contributed by atoms with Gasteiger partial charge in [0.05, 0.1) is 11.8 Å². The maximum Gasteiger partial charge on any atom is 0.0718 e. The van der Waals surface area contributed by atoms with Gasteiger partial charge >= 0.3 is 0 Å². The first-order chi connectivity index (χ1) is 7.94. The Hall–Kier alpha value is -0.870. The summed E-state index contributed by atoms with van der Waals surface area (Å²) in [6.45, 7) is 6.67. The quantitative estimate of drug-likeness (QED) is 0.863. The van der Waals surface area contributed by atoms with Crippen LogP contribution in [0.3, 0.4) is 0 Å². The maximum absolute atomic E-state index is 9.80. The number of piperidine rings is 1. The summed E-state index contributed by atoms with van der Waals surface area (Å²) in [7, 11) is 1.97. The van der Waals surface area contributed by atoms with Gasteiger partial charge in [0.2, 0.25) is 0 Å². The smallest absolute Gasteiger partial charge is 0.0718 e. The molecule has 1 saturated heterocycles. The zero-order chi connectivity index (χ0) is 12.5. The van der Waals surface area contributed by atoms with Crippen molar-refractivity contribution < 1.29 is 5.11 Å². The number of aryl methyl sites for hydroxylation is 1. The number of β-amino-alcohol motifs (C(OH)–C–C–N with tert-alkyl or cyclic N) is 1. The minimum Gasteiger partial charge on any atom is -0.389 e. The minimum atomic E-state index is -0.582. The van der Waals surface area contributed by atoms with E-state index >= 15 is 0 Å². The number of hydrogen-bond acceptors (Lipinski definition) is 3. The minimum absolute atomic E-state index is 0.582. The van der Waals surface area contributed by atoms with Crippen LogP contribution in [-0.4, -0.2) is 45.0 Å². The lowest BCUT2D eigenvalue weighted by Gasteiger charge is -2.35. The van der Waals surface area contributed by atoms with Crippen LogP contribution in [0.15, 0.2) is 12.4 Å². The topological polar surface area (TPSA) is 41.3 Å². The third kappa shape index (κ3) is 3.54. The molecular weight excluding hydrogens is 214 g/mol. The second-order valence-electron chi connectivity index (χ2n) is 5.81. The van der Waals surface area contributed by atoms with Crippen molar-refractivity contribution in [2.24, 2.45) is 7.05 Å². The highest BCUT2D eigenvalue weighted by Crippen LogP contribution is 2.27. The Morgan fingerprint density at radius 2 is 2.06 bits per heavy atom. The van der Waals surface area contributed by atoms with Crippen LogP contribution in [0.5, 0.6) is 0 Å². The van der Waals surface area contributed by atoms with E-state index in [4.69, 9.17) is 0 Å². The first kappa shape index (κ1) is 12.6. The van der Waals surface area contributed by atoms with E-state index in [9.17, 15) is 5.11 Å². The first-order valence-electron chi connectivity index (χ1n) is 6.37. The molecule has 17 heavy (non-hydrogen) atoms. The predicted molar refractivity (Wildman–Crippen MR) is 67.9 cm³/mol. The van der Waals surface area contributed by atoms with Crippen molar-refractivity contribution >= 4 is 0 Å². The molecule has 0 saturated carbocycles. The molecule has 4 heteroatoms. The Morgan fingerprint density at radius 3 is 2.53 bits per heavy atom. The molecule has 4 nitrogen and oxygen atoms in total. The molecule has 0 atom stereocenters. The first-order valence-corrected chi connectivity index (χ1v) is 6.37. The van der Waals surface area contributed by atoms with Gasteiger partial charge in [-0.1, -0.05) is 0 Å². The number of aliphatic hydroxyl groups is 1. The van der Waals surface area contributed by atoms with Crippen molar-refractivity contribution in [2.45, 2.75) is 38.2 Å². The standard InChI is InChI=1S/C13H23N3O/c1-13(2,17)10-16-6-4-11(5-7-16)12-8-14-15(3)9-12/h8-9,11,17H,4-7,10H2,1-3H3. The molecule has 96 valence electrons. The number of nitrogens with zero attached hydrogens (tertiary/aromatic N) is 3. The van der Waals surface area contributed by atoms with Crippen LogP contribution in [0.1, 0.15) is 38.2 Å². The van der Waals surface area contributed by atoms with Gasteiger partial charge in [-0.15, -0.1) is 0 Å². The van der Waals surface area contributed by atoms with Gasteiger partial charge < -0.3 is 10.0 Å². The van der Waals surface area contributed by atoms with Crippen molar-refractivity contribution in [3.05, 3.63) is 18.0 Å². The Balaban J connectivity index is 1.86. The van der Waals surface area contributed by atoms with E-state index in [1.54, 1.807) is 0 Å². The van der Waals surface area contributed by atoms with E-state index in [2.05, 4.69) is 16.2 Å². The summed E-state index contributed by atoms with van der Waals surface area (Å²) in [5.74, 6) is 0.641. The predicted octanol–water partition coefficient (Wildman–Crippen LogP) is 1.37. The summed E-state index contributed by atoms with van der Waals surface area (Å²) in [5, 5.41) is 14.0. The largest absolute Gasteiger partial charge is 0.389 e. The van der Waals surface area contributed by atoms with Crippen molar-refractivity contribution in [1.29, 1.82) is 0 Å². The summed E-state index contributed by atoms with van der Waals surface area (Å²) < 4.78 is 1.87. The molecule has 0 aromatic carbocycles. The van der Waals surface area contributed by atoms with E-state index in [0.29, 0.717) is 5.92 Å². The summed E-state index contributed by atoms with van der Waals surface area (Å²) >= 11 is 0. The van der Waals surface area contributed by atoms with Gasteiger partial charge in [-0.05, 0) is 51.3 Å². The zero-order valence-electron chi connectivity index (χ0n) is 11.1. The third-order valence-corrected chi connectivity index (χ3v) is 3.39. The van der Waals surface area contributed by atoms with Crippen LogP contribution < -0.4 is 0 Å². The lowest BCUT2D eigenvalue weighted by atomic mass is 9.91. The van der Waals surface area contributed by atoms with Crippen LogP contribution >= 0.6 is 0 Å². The third-order valence-electron chi connectivity index (χ3n) is 3.39. The summed E-state index contributed by atoms with van der Waals surface area (Å²) in [6, 6.07) is 0.